The van der Waals surface area contributed by atoms with Gasteiger partial charge in [-0.15, -0.1) is 0 Å². The van der Waals surface area contributed by atoms with E-state index in [0.29, 0.717) is 6.54 Å². The van der Waals surface area contributed by atoms with Gasteiger partial charge in [0.25, 0.3) is 0 Å². The molecule has 5 nitrogen and oxygen atoms in total. The Morgan fingerprint density at radius 2 is 2.12 bits per heavy atom. The van der Waals surface area contributed by atoms with Crippen molar-refractivity contribution in [3.05, 3.63) is 0 Å². The average molecular weight is 241 g/mol. The number of hydrogen-bond donors (Lipinski definition) is 2. The van der Waals surface area contributed by atoms with Crippen LogP contribution in [-0.4, -0.2) is 72.7 Å². The Kier molecular flexibility index (Phi) is 4.76. The zero-order valence-electron chi connectivity index (χ0n) is 10.4. The Hall–Kier alpha value is -0.650. The molecule has 0 aliphatic carbocycles. The van der Waals surface area contributed by atoms with E-state index in [-0.39, 0.29) is 18.6 Å². The third-order valence-corrected chi connectivity index (χ3v) is 3.70. The van der Waals surface area contributed by atoms with Gasteiger partial charge in [0.2, 0.25) is 5.91 Å². The second-order valence-corrected chi connectivity index (χ2v) is 4.95. The Labute approximate surface area is 103 Å². The van der Waals surface area contributed by atoms with Crippen LogP contribution in [0, 0.1) is 0 Å². The summed E-state index contributed by atoms with van der Waals surface area (Å²) in [5.41, 5.74) is 0. The molecule has 1 atom stereocenters. The summed E-state index contributed by atoms with van der Waals surface area (Å²) in [5.74, 6) is 0.184. The van der Waals surface area contributed by atoms with Crippen LogP contribution >= 0.6 is 0 Å². The number of aliphatic hydroxyl groups is 1. The Morgan fingerprint density at radius 3 is 2.94 bits per heavy atom. The van der Waals surface area contributed by atoms with E-state index in [4.69, 9.17) is 0 Å². The molecule has 2 saturated heterocycles. The van der Waals surface area contributed by atoms with Gasteiger partial charge in [0, 0.05) is 19.6 Å². The third kappa shape index (κ3) is 3.40. The Bertz CT molecular complexity index is 252. The summed E-state index contributed by atoms with van der Waals surface area (Å²) in [5, 5.41) is 12.6. The predicted molar refractivity (Wildman–Crippen MR) is 65.7 cm³/mol. The topological polar surface area (TPSA) is 55.8 Å². The van der Waals surface area contributed by atoms with Crippen molar-refractivity contribution in [1.29, 1.82) is 0 Å². The molecule has 1 amide bonds. The van der Waals surface area contributed by atoms with E-state index in [2.05, 4.69) is 10.2 Å². The molecule has 2 fully saturated rings. The quantitative estimate of drug-likeness (QED) is 0.684. The first-order chi connectivity index (χ1) is 8.31. The summed E-state index contributed by atoms with van der Waals surface area (Å²) in [6.07, 6.45) is 3.08. The van der Waals surface area contributed by atoms with E-state index >= 15 is 0 Å². The SMILES string of the molecule is O=C(CN1CCCNCC1)N1CCC[C@@H]1CO. The minimum atomic E-state index is 0.0626. The Morgan fingerprint density at radius 1 is 1.24 bits per heavy atom. The van der Waals surface area contributed by atoms with Gasteiger partial charge >= 0.3 is 0 Å². The maximum Gasteiger partial charge on any atom is 0.237 e. The number of carbonyl (C=O) groups is 1. The van der Waals surface area contributed by atoms with Crippen LogP contribution in [0.5, 0.6) is 0 Å². The molecule has 0 unspecified atom stereocenters. The van der Waals surface area contributed by atoms with Crippen molar-refractivity contribution in [2.75, 3.05) is 45.9 Å². The van der Waals surface area contributed by atoms with Gasteiger partial charge in [-0.3, -0.25) is 9.69 Å². The first-order valence-corrected chi connectivity index (χ1v) is 6.64. The standard InChI is InChI=1S/C12H23N3O2/c16-10-11-3-1-7-15(11)12(17)9-14-6-2-4-13-5-8-14/h11,13,16H,1-10H2/t11-/m1/s1. The molecular weight excluding hydrogens is 218 g/mol. The molecule has 2 aliphatic rings. The van der Waals surface area contributed by atoms with Crippen molar-refractivity contribution in [3.8, 4) is 0 Å². The molecule has 0 bridgehead atoms. The van der Waals surface area contributed by atoms with E-state index < -0.39 is 0 Å². The highest BCUT2D eigenvalue weighted by Crippen LogP contribution is 2.17. The highest BCUT2D eigenvalue weighted by molar-refractivity contribution is 5.78. The zero-order chi connectivity index (χ0) is 12.1. The van der Waals surface area contributed by atoms with Crippen molar-refractivity contribution in [1.82, 2.24) is 15.1 Å². The normalized spacial score (nSPS) is 27.1. The van der Waals surface area contributed by atoms with Crippen LogP contribution in [0.3, 0.4) is 0 Å². The van der Waals surface area contributed by atoms with Crippen LogP contribution in [0.4, 0.5) is 0 Å². The maximum absolute atomic E-state index is 12.1. The van der Waals surface area contributed by atoms with Gasteiger partial charge in [-0.2, -0.15) is 0 Å². The fraction of sp³-hybridized carbons (Fsp3) is 0.917. The average Bonchev–Trinajstić information content (AvgIpc) is 2.68. The number of carbonyl (C=O) groups excluding carboxylic acids is 1. The van der Waals surface area contributed by atoms with Crippen LogP contribution in [0.25, 0.3) is 0 Å². The second kappa shape index (κ2) is 6.33. The summed E-state index contributed by atoms with van der Waals surface area (Å²) in [6.45, 7) is 5.39. The van der Waals surface area contributed by atoms with Gasteiger partial charge in [0.15, 0.2) is 0 Å². The summed E-state index contributed by atoms with van der Waals surface area (Å²) in [6, 6.07) is 0.0626. The molecule has 2 N–H and O–H groups in total. The van der Waals surface area contributed by atoms with E-state index in [1.807, 2.05) is 4.90 Å². The van der Waals surface area contributed by atoms with Gasteiger partial charge < -0.3 is 15.3 Å². The highest BCUT2D eigenvalue weighted by atomic mass is 16.3. The lowest BCUT2D eigenvalue weighted by molar-refractivity contribution is -0.133. The van der Waals surface area contributed by atoms with Crippen LogP contribution < -0.4 is 5.32 Å². The van der Waals surface area contributed by atoms with E-state index in [1.165, 1.54) is 0 Å². The number of hydrogen-bond acceptors (Lipinski definition) is 4. The predicted octanol–water partition coefficient (Wildman–Crippen LogP) is -0.735. The first kappa shape index (κ1) is 12.8. The van der Waals surface area contributed by atoms with Crippen LogP contribution in [0.2, 0.25) is 0 Å². The minimum absolute atomic E-state index is 0.0626. The molecule has 0 spiro atoms. The van der Waals surface area contributed by atoms with Gasteiger partial charge in [0.1, 0.15) is 0 Å². The number of amides is 1. The van der Waals surface area contributed by atoms with Gasteiger partial charge in [0.05, 0.1) is 19.2 Å². The minimum Gasteiger partial charge on any atom is -0.394 e. The highest BCUT2D eigenvalue weighted by Gasteiger charge is 2.28. The fourth-order valence-corrected chi connectivity index (χ4v) is 2.70. The lowest BCUT2D eigenvalue weighted by Gasteiger charge is -2.27. The zero-order valence-corrected chi connectivity index (χ0v) is 10.4. The van der Waals surface area contributed by atoms with Gasteiger partial charge in [-0.05, 0) is 32.4 Å². The summed E-state index contributed by atoms with van der Waals surface area (Å²) >= 11 is 0. The molecule has 2 heterocycles. The molecule has 2 aliphatic heterocycles. The maximum atomic E-state index is 12.1. The van der Waals surface area contributed by atoms with Gasteiger partial charge in [-0.25, -0.2) is 0 Å². The van der Waals surface area contributed by atoms with Crippen LogP contribution in [0.15, 0.2) is 0 Å². The van der Waals surface area contributed by atoms with E-state index in [1.54, 1.807) is 0 Å². The van der Waals surface area contributed by atoms with E-state index in [0.717, 1.165) is 52.0 Å². The van der Waals surface area contributed by atoms with Crippen molar-refractivity contribution in [3.63, 3.8) is 0 Å². The molecule has 2 rings (SSSR count). The number of rotatable bonds is 3. The first-order valence-electron chi connectivity index (χ1n) is 6.64. The summed E-state index contributed by atoms with van der Waals surface area (Å²) in [4.78, 5) is 16.2. The molecule has 17 heavy (non-hydrogen) atoms. The molecule has 0 aromatic carbocycles. The second-order valence-electron chi connectivity index (χ2n) is 4.95. The van der Waals surface area contributed by atoms with Crippen molar-refractivity contribution < 1.29 is 9.90 Å². The van der Waals surface area contributed by atoms with Crippen molar-refractivity contribution >= 4 is 5.91 Å². The molecule has 5 heteroatoms. The smallest absolute Gasteiger partial charge is 0.237 e. The third-order valence-electron chi connectivity index (χ3n) is 3.70. The number of aliphatic hydroxyl groups excluding tert-OH is 1. The van der Waals surface area contributed by atoms with E-state index in [9.17, 15) is 9.90 Å². The molecule has 0 radical (unpaired) electrons. The number of likely N-dealkylation sites (tertiary alicyclic amines) is 1. The molecular formula is C12H23N3O2. The van der Waals surface area contributed by atoms with Crippen molar-refractivity contribution in [2.45, 2.75) is 25.3 Å². The largest absolute Gasteiger partial charge is 0.394 e. The number of nitrogens with zero attached hydrogens (tertiary/aromatic N) is 2. The molecule has 0 aromatic heterocycles. The van der Waals surface area contributed by atoms with Crippen LogP contribution in [-0.2, 0) is 4.79 Å². The molecule has 0 saturated carbocycles. The Balaban J connectivity index is 1.82. The fourth-order valence-electron chi connectivity index (χ4n) is 2.70. The lowest BCUT2D eigenvalue weighted by atomic mass is 10.2. The number of nitrogens with one attached hydrogen (secondary N) is 1. The van der Waals surface area contributed by atoms with Crippen LogP contribution in [0.1, 0.15) is 19.3 Å². The molecule has 98 valence electrons. The lowest BCUT2D eigenvalue weighted by Crippen LogP contribution is -2.44. The summed E-state index contributed by atoms with van der Waals surface area (Å²) in [7, 11) is 0. The van der Waals surface area contributed by atoms with Gasteiger partial charge in [-0.1, -0.05) is 0 Å². The molecule has 0 aromatic rings. The summed E-state index contributed by atoms with van der Waals surface area (Å²) < 4.78 is 0. The monoisotopic (exact) mass is 241 g/mol. The van der Waals surface area contributed by atoms with Crippen molar-refractivity contribution in [2.24, 2.45) is 0 Å².